The first-order valence-electron chi connectivity index (χ1n) is 11.6. The summed E-state index contributed by atoms with van der Waals surface area (Å²) in [5.41, 5.74) is 1.42. The van der Waals surface area contributed by atoms with E-state index in [0.29, 0.717) is 35.0 Å². The van der Waals surface area contributed by atoms with Crippen LogP contribution in [-0.2, 0) is 33.4 Å². The van der Waals surface area contributed by atoms with Gasteiger partial charge in [0.15, 0.2) is 0 Å². The number of benzene rings is 2. The molecular formula is C26H27ClFN3O4S. The number of carbonyl (C=O) groups excluding carboxylic acids is 1. The van der Waals surface area contributed by atoms with Crippen LogP contribution in [0.15, 0.2) is 72.5 Å². The third-order valence-electron chi connectivity index (χ3n) is 5.92. The fourth-order valence-corrected chi connectivity index (χ4v) is 5.88. The summed E-state index contributed by atoms with van der Waals surface area (Å²) in [6.45, 7) is 5.02. The van der Waals surface area contributed by atoms with E-state index in [2.05, 4.69) is 11.6 Å². The van der Waals surface area contributed by atoms with E-state index in [-0.39, 0.29) is 36.0 Å². The molecule has 1 aliphatic heterocycles. The van der Waals surface area contributed by atoms with Gasteiger partial charge in [-0.3, -0.25) is 4.79 Å². The minimum atomic E-state index is -3.87. The number of imidazole rings is 1. The molecular weight excluding hydrogens is 505 g/mol. The lowest BCUT2D eigenvalue weighted by atomic mass is 10.2. The SMILES string of the molecule is C=CCN(Cc1cnc(S(=O)(=O)Cc2ccc(F)cc2)n1C[C@H]1CCCO1)C(=O)c1cccc(Cl)c1. The van der Waals surface area contributed by atoms with Crippen LogP contribution >= 0.6 is 11.6 Å². The van der Waals surface area contributed by atoms with Crippen LogP contribution in [0.4, 0.5) is 4.39 Å². The molecule has 0 unspecified atom stereocenters. The molecule has 10 heteroatoms. The van der Waals surface area contributed by atoms with Gasteiger partial charge >= 0.3 is 0 Å². The van der Waals surface area contributed by atoms with Gasteiger partial charge in [0.2, 0.25) is 15.0 Å². The van der Waals surface area contributed by atoms with E-state index >= 15 is 0 Å². The number of sulfone groups is 1. The van der Waals surface area contributed by atoms with Gasteiger partial charge in [0.25, 0.3) is 5.91 Å². The Balaban J connectivity index is 1.66. The lowest BCUT2D eigenvalue weighted by molar-refractivity contribution is 0.0751. The average molecular weight is 532 g/mol. The summed E-state index contributed by atoms with van der Waals surface area (Å²) < 4.78 is 47.4. The minimum absolute atomic E-state index is 0.105. The third kappa shape index (κ3) is 6.21. The Morgan fingerprint density at radius 1 is 1.28 bits per heavy atom. The van der Waals surface area contributed by atoms with Crippen molar-refractivity contribution in [3.8, 4) is 0 Å². The van der Waals surface area contributed by atoms with Crippen molar-refractivity contribution >= 4 is 27.3 Å². The number of hydrogen-bond acceptors (Lipinski definition) is 5. The van der Waals surface area contributed by atoms with E-state index in [1.54, 1.807) is 39.8 Å². The minimum Gasteiger partial charge on any atom is -0.376 e. The molecule has 0 N–H and O–H groups in total. The van der Waals surface area contributed by atoms with Gasteiger partial charge < -0.3 is 14.2 Å². The van der Waals surface area contributed by atoms with E-state index in [4.69, 9.17) is 16.3 Å². The van der Waals surface area contributed by atoms with Crippen LogP contribution in [0.1, 0.15) is 34.5 Å². The largest absolute Gasteiger partial charge is 0.376 e. The summed E-state index contributed by atoms with van der Waals surface area (Å²) in [7, 11) is -3.87. The standard InChI is InChI=1S/C26H27ClFN3O4S/c1-2-12-30(25(32)20-5-3-6-21(27)14-20)16-23-15-29-26(31(23)17-24-7-4-13-35-24)36(33,34)18-19-8-10-22(28)11-9-19/h2-3,5-6,8-11,14-15,24H,1,4,7,12-13,16-18H2/t24-/m1/s1. The van der Waals surface area contributed by atoms with Gasteiger partial charge in [0.1, 0.15) is 5.82 Å². The van der Waals surface area contributed by atoms with Gasteiger partial charge in [0, 0.05) is 23.7 Å². The Bertz CT molecular complexity index is 1340. The van der Waals surface area contributed by atoms with Gasteiger partial charge in [0.05, 0.1) is 36.8 Å². The van der Waals surface area contributed by atoms with E-state index in [1.165, 1.54) is 30.5 Å². The summed E-state index contributed by atoms with van der Waals surface area (Å²) in [4.78, 5) is 19.1. The van der Waals surface area contributed by atoms with Crippen molar-refractivity contribution in [1.29, 1.82) is 0 Å². The lowest BCUT2D eigenvalue weighted by Gasteiger charge is -2.23. The van der Waals surface area contributed by atoms with Crippen molar-refractivity contribution in [3.05, 3.63) is 95.0 Å². The molecule has 1 fully saturated rings. The topological polar surface area (TPSA) is 81.5 Å². The quantitative estimate of drug-likeness (QED) is 0.355. The Morgan fingerprint density at radius 3 is 2.72 bits per heavy atom. The first-order valence-corrected chi connectivity index (χ1v) is 13.6. The Labute approximate surface area is 215 Å². The zero-order valence-corrected chi connectivity index (χ0v) is 21.2. The van der Waals surface area contributed by atoms with Crippen LogP contribution in [-0.4, -0.2) is 48.0 Å². The second kappa shape index (κ2) is 11.4. The average Bonchev–Trinajstić information content (AvgIpc) is 3.51. The monoisotopic (exact) mass is 531 g/mol. The number of rotatable bonds is 10. The van der Waals surface area contributed by atoms with Crippen LogP contribution in [0.25, 0.3) is 0 Å². The van der Waals surface area contributed by atoms with Gasteiger partial charge in [-0.25, -0.2) is 17.8 Å². The van der Waals surface area contributed by atoms with Gasteiger partial charge in [-0.2, -0.15) is 0 Å². The molecule has 2 heterocycles. The number of hydrogen-bond donors (Lipinski definition) is 0. The highest BCUT2D eigenvalue weighted by atomic mass is 35.5. The maximum absolute atomic E-state index is 13.4. The molecule has 2 aromatic carbocycles. The molecule has 1 aromatic heterocycles. The molecule has 0 bridgehead atoms. The fourth-order valence-electron chi connectivity index (χ4n) is 4.19. The maximum Gasteiger partial charge on any atom is 0.254 e. The number of amides is 1. The number of halogens is 2. The highest BCUT2D eigenvalue weighted by molar-refractivity contribution is 7.90. The Kier molecular flexibility index (Phi) is 8.23. The Hall–Kier alpha value is -3.01. The molecule has 36 heavy (non-hydrogen) atoms. The van der Waals surface area contributed by atoms with Crippen molar-refractivity contribution < 1.29 is 22.3 Å². The van der Waals surface area contributed by atoms with Crippen LogP contribution < -0.4 is 0 Å². The smallest absolute Gasteiger partial charge is 0.254 e. The molecule has 0 saturated carbocycles. The van der Waals surface area contributed by atoms with Crippen molar-refractivity contribution in [2.75, 3.05) is 13.2 Å². The second-order valence-corrected chi connectivity index (χ2v) is 11.0. The fraction of sp³-hybridized carbons (Fsp3) is 0.308. The van der Waals surface area contributed by atoms with Crippen molar-refractivity contribution in [3.63, 3.8) is 0 Å². The van der Waals surface area contributed by atoms with Crippen molar-refractivity contribution in [2.24, 2.45) is 0 Å². The molecule has 0 spiro atoms. The number of nitrogens with zero attached hydrogens (tertiary/aromatic N) is 3. The van der Waals surface area contributed by atoms with E-state index < -0.39 is 15.7 Å². The zero-order valence-electron chi connectivity index (χ0n) is 19.6. The molecule has 3 aromatic rings. The predicted octanol–water partition coefficient (Wildman–Crippen LogP) is 4.66. The van der Waals surface area contributed by atoms with Crippen molar-refractivity contribution in [2.45, 2.75) is 42.9 Å². The maximum atomic E-state index is 13.4. The molecule has 0 aliphatic carbocycles. The van der Waals surface area contributed by atoms with Crippen LogP contribution in [0, 0.1) is 5.82 Å². The second-order valence-electron chi connectivity index (χ2n) is 8.65. The summed E-state index contributed by atoms with van der Waals surface area (Å²) in [6.07, 6.45) is 4.62. The van der Waals surface area contributed by atoms with Crippen molar-refractivity contribution in [1.82, 2.24) is 14.5 Å². The summed E-state index contributed by atoms with van der Waals surface area (Å²) in [6, 6.07) is 12.0. The van der Waals surface area contributed by atoms with Gasteiger partial charge in [-0.1, -0.05) is 35.9 Å². The number of aromatic nitrogens is 2. The lowest BCUT2D eigenvalue weighted by Crippen LogP contribution is -2.32. The van der Waals surface area contributed by atoms with E-state index in [0.717, 1.165) is 12.8 Å². The summed E-state index contributed by atoms with van der Waals surface area (Å²) in [5, 5.41) is 0.336. The highest BCUT2D eigenvalue weighted by Gasteiger charge is 2.28. The molecule has 1 amide bonds. The van der Waals surface area contributed by atoms with Gasteiger partial charge in [-0.15, -0.1) is 6.58 Å². The first-order chi connectivity index (χ1) is 17.3. The number of carbonyl (C=O) groups is 1. The molecule has 0 radical (unpaired) electrons. The summed E-state index contributed by atoms with van der Waals surface area (Å²) >= 11 is 6.07. The number of ether oxygens (including phenoxy) is 1. The van der Waals surface area contributed by atoms with Crippen LogP contribution in [0.3, 0.4) is 0 Å². The predicted molar refractivity (Wildman–Crippen MR) is 135 cm³/mol. The molecule has 190 valence electrons. The molecule has 1 atom stereocenters. The van der Waals surface area contributed by atoms with E-state index in [1.807, 2.05) is 0 Å². The van der Waals surface area contributed by atoms with E-state index in [9.17, 15) is 17.6 Å². The first kappa shape index (κ1) is 26.1. The molecule has 1 saturated heterocycles. The molecule has 7 nitrogen and oxygen atoms in total. The molecule has 1 aliphatic rings. The third-order valence-corrected chi connectivity index (χ3v) is 7.75. The molecule has 4 rings (SSSR count). The normalized spacial score (nSPS) is 15.7. The van der Waals surface area contributed by atoms with Gasteiger partial charge in [-0.05, 0) is 48.7 Å². The summed E-state index contributed by atoms with van der Waals surface area (Å²) in [5.74, 6) is -1.03. The van der Waals surface area contributed by atoms with Crippen LogP contribution in [0.5, 0.6) is 0 Å². The highest BCUT2D eigenvalue weighted by Crippen LogP contribution is 2.23. The van der Waals surface area contributed by atoms with Crippen LogP contribution in [0.2, 0.25) is 5.02 Å². The Morgan fingerprint density at radius 2 is 2.06 bits per heavy atom. The zero-order chi connectivity index (χ0) is 25.7.